The lowest BCUT2D eigenvalue weighted by molar-refractivity contribution is 0.0708. The van der Waals surface area contributed by atoms with Gasteiger partial charge in [0, 0.05) is 57.3 Å². The molecule has 0 aliphatic carbocycles. The fourth-order valence-corrected chi connectivity index (χ4v) is 5.60. The monoisotopic (exact) mass is 458 g/mol. The minimum atomic E-state index is -0.0150. The fraction of sp³-hybridized carbons (Fsp3) is 0.385. The van der Waals surface area contributed by atoms with Crippen molar-refractivity contribution in [2.75, 3.05) is 38.7 Å². The summed E-state index contributed by atoms with van der Waals surface area (Å²) in [4.78, 5) is 22.5. The standard InChI is InChI=1S/C26H30N6O2/c1-29-10-11-32-21(13-16-6-4-8-20(29)23(16)32)25-28-19-12-17(14-22(34-3)24(19)30(25)2)26(33)31-9-5-7-18(27)15-31/h4,6,8,12-14,18H,5,7,9-11,15,27H2,1-3H3/t18-/m1/s1. The second-order valence-corrected chi connectivity index (χ2v) is 9.51. The topological polar surface area (TPSA) is 81.5 Å². The van der Waals surface area contributed by atoms with Gasteiger partial charge in [-0.1, -0.05) is 12.1 Å². The first-order valence-electron chi connectivity index (χ1n) is 11.9. The Bertz CT molecular complexity index is 1430. The highest BCUT2D eigenvalue weighted by Crippen LogP contribution is 2.38. The van der Waals surface area contributed by atoms with Gasteiger partial charge in [-0.3, -0.25) is 4.79 Å². The number of aryl methyl sites for hydroxylation is 1. The number of hydrogen-bond acceptors (Lipinski definition) is 5. The molecule has 8 nitrogen and oxygen atoms in total. The van der Waals surface area contributed by atoms with Crippen LogP contribution in [0.5, 0.6) is 5.75 Å². The molecule has 34 heavy (non-hydrogen) atoms. The zero-order valence-electron chi connectivity index (χ0n) is 19.9. The average Bonchev–Trinajstić information content (AvgIpc) is 3.38. The van der Waals surface area contributed by atoms with Crippen LogP contribution in [0.3, 0.4) is 0 Å². The molecule has 6 rings (SSSR count). The van der Waals surface area contributed by atoms with Crippen LogP contribution in [-0.4, -0.2) is 64.8 Å². The SMILES string of the molecule is COc1cc(C(=O)N2CCC[C@@H](N)C2)cc2nc(-c3cc4cccc5c4n3CCN5C)n(C)c12. The van der Waals surface area contributed by atoms with Crippen molar-refractivity contribution in [1.29, 1.82) is 0 Å². The van der Waals surface area contributed by atoms with Gasteiger partial charge in [-0.05, 0) is 37.1 Å². The Labute approximate surface area is 198 Å². The Morgan fingerprint density at radius 1 is 1.12 bits per heavy atom. The Balaban J connectivity index is 1.49. The Morgan fingerprint density at radius 2 is 1.97 bits per heavy atom. The van der Waals surface area contributed by atoms with Gasteiger partial charge in [0.1, 0.15) is 11.3 Å². The molecule has 2 N–H and O–H groups in total. The molecule has 1 fully saturated rings. The molecule has 8 heteroatoms. The smallest absolute Gasteiger partial charge is 0.254 e. The third kappa shape index (κ3) is 3.09. The first-order chi connectivity index (χ1) is 16.5. The first kappa shape index (κ1) is 21.0. The van der Waals surface area contributed by atoms with E-state index in [1.165, 1.54) is 16.6 Å². The van der Waals surface area contributed by atoms with E-state index in [9.17, 15) is 4.79 Å². The largest absolute Gasteiger partial charge is 0.494 e. The zero-order valence-corrected chi connectivity index (χ0v) is 19.9. The van der Waals surface area contributed by atoms with Crippen LogP contribution in [0.25, 0.3) is 33.5 Å². The van der Waals surface area contributed by atoms with E-state index in [0.29, 0.717) is 17.9 Å². The summed E-state index contributed by atoms with van der Waals surface area (Å²) in [5.74, 6) is 1.50. The molecular formula is C26H30N6O2. The van der Waals surface area contributed by atoms with Crippen molar-refractivity contribution in [3.63, 3.8) is 0 Å². The maximum absolute atomic E-state index is 13.3. The number of benzene rings is 2. The summed E-state index contributed by atoms with van der Waals surface area (Å²) in [6, 6.07) is 12.4. The molecule has 2 aromatic heterocycles. The van der Waals surface area contributed by atoms with Crippen molar-refractivity contribution in [3.8, 4) is 17.3 Å². The highest BCUT2D eigenvalue weighted by Gasteiger charge is 2.26. The molecule has 2 aromatic carbocycles. The number of nitrogens with two attached hydrogens (primary N) is 1. The molecule has 0 spiro atoms. The number of rotatable bonds is 3. The second kappa shape index (κ2) is 7.77. The lowest BCUT2D eigenvalue weighted by Gasteiger charge is -2.30. The number of anilines is 1. The van der Waals surface area contributed by atoms with Gasteiger partial charge in [-0.25, -0.2) is 4.98 Å². The lowest BCUT2D eigenvalue weighted by atomic mass is 10.0. The number of amides is 1. The van der Waals surface area contributed by atoms with E-state index in [-0.39, 0.29) is 11.9 Å². The first-order valence-corrected chi connectivity index (χ1v) is 11.9. The van der Waals surface area contributed by atoms with Crippen LogP contribution < -0.4 is 15.4 Å². The number of ether oxygens (including phenoxy) is 1. The molecule has 1 atom stereocenters. The van der Waals surface area contributed by atoms with Gasteiger partial charge in [0.25, 0.3) is 5.91 Å². The minimum absolute atomic E-state index is 0.0150. The number of carbonyl (C=O) groups excluding carboxylic acids is 1. The number of fused-ring (bicyclic) bond motifs is 1. The highest BCUT2D eigenvalue weighted by molar-refractivity contribution is 6.01. The molecule has 1 amide bonds. The van der Waals surface area contributed by atoms with Crippen LogP contribution in [0.15, 0.2) is 36.4 Å². The number of methoxy groups -OCH3 is 1. The highest BCUT2D eigenvalue weighted by atomic mass is 16.5. The number of nitrogens with zero attached hydrogens (tertiary/aromatic N) is 5. The number of aromatic nitrogens is 3. The minimum Gasteiger partial charge on any atom is -0.494 e. The maximum atomic E-state index is 13.3. The summed E-state index contributed by atoms with van der Waals surface area (Å²) >= 11 is 0. The normalized spacial score (nSPS) is 18.2. The van der Waals surface area contributed by atoms with E-state index < -0.39 is 0 Å². The van der Waals surface area contributed by atoms with E-state index >= 15 is 0 Å². The van der Waals surface area contributed by atoms with Crippen molar-refractivity contribution in [3.05, 3.63) is 42.0 Å². The van der Waals surface area contributed by atoms with Crippen molar-refractivity contribution in [1.82, 2.24) is 19.0 Å². The predicted molar refractivity (Wildman–Crippen MR) is 135 cm³/mol. The van der Waals surface area contributed by atoms with E-state index in [4.69, 9.17) is 15.5 Å². The third-order valence-electron chi connectivity index (χ3n) is 7.34. The van der Waals surface area contributed by atoms with Crippen molar-refractivity contribution in [2.45, 2.75) is 25.4 Å². The van der Waals surface area contributed by atoms with Gasteiger partial charge < -0.3 is 29.4 Å². The Hall–Kier alpha value is -3.52. The summed E-state index contributed by atoms with van der Waals surface area (Å²) in [5, 5.41) is 1.20. The van der Waals surface area contributed by atoms with Crippen molar-refractivity contribution < 1.29 is 9.53 Å². The van der Waals surface area contributed by atoms with Gasteiger partial charge in [0.2, 0.25) is 0 Å². The average molecular weight is 459 g/mol. The number of likely N-dealkylation sites (tertiary alicyclic amines) is 1. The zero-order chi connectivity index (χ0) is 23.6. The van der Waals surface area contributed by atoms with E-state index in [1.807, 2.05) is 24.1 Å². The molecule has 0 radical (unpaired) electrons. The van der Waals surface area contributed by atoms with Crippen molar-refractivity contribution >= 4 is 33.5 Å². The summed E-state index contributed by atoms with van der Waals surface area (Å²) in [5.41, 5.74) is 11.9. The van der Waals surface area contributed by atoms with E-state index in [1.54, 1.807) is 7.11 Å². The number of imidazole rings is 1. The number of carbonyl (C=O) groups is 1. The second-order valence-electron chi connectivity index (χ2n) is 9.51. The number of likely N-dealkylation sites (N-methyl/N-ethyl adjacent to an activating group) is 1. The van der Waals surface area contributed by atoms with Crippen molar-refractivity contribution in [2.24, 2.45) is 12.8 Å². The van der Waals surface area contributed by atoms with Crippen LogP contribution in [-0.2, 0) is 13.6 Å². The van der Waals surface area contributed by atoms with Gasteiger partial charge in [-0.15, -0.1) is 0 Å². The van der Waals surface area contributed by atoms with Crippen LogP contribution in [0.4, 0.5) is 5.69 Å². The van der Waals surface area contributed by atoms with Crippen LogP contribution in [0.1, 0.15) is 23.2 Å². The summed E-state index contributed by atoms with van der Waals surface area (Å²) < 4.78 is 10.2. The summed E-state index contributed by atoms with van der Waals surface area (Å²) in [6.45, 7) is 3.16. The molecule has 4 heterocycles. The van der Waals surface area contributed by atoms with E-state index in [0.717, 1.165) is 55.0 Å². The van der Waals surface area contributed by atoms with Gasteiger partial charge in [0.05, 0.1) is 29.5 Å². The van der Waals surface area contributed by atoms with Gasteiger partial charge in [0.15, 0.2) is 5.82 Å². The van der Waals surface area contributed by atoms with Crippen LogP contribution in [0, 0.1) is 0 Å². The number of piperidine rings is 1. The Morgan fingerprint density at radius 3 is 2.76 bits per heavy atom. The molecule has 1 saturated heterocycles. The summed E-state index contributed by atoms with van der Waals surface area (Å²) in [6.07, 6.45) is 1.89. The lowest BCUT2D eigenvalue weighted by Crippen LogP contribution is -2.45. The van der Waals surface area contributed by atoms with Gasteiger partial charge >= 0.3 is 0 Å². The number of hydrogen-bond donors (Lipinski definition) is 1. The third-order valence-corrected chi connectivity index (χ3v) is 7.34. The number of para-hydroxylation sites is 1. The molecule has 2 aliphatic rings. The molecule has 0 saturated carbocycles. The molecule has 0 bridgehead atoms. The Kier molecular flexibility index (Phi) is 4.81. The van der Waals surface area contributed by atoms with Crippen LogP contribution >= 0.6 is 0 Å². The summed E-state index contributed by atoms with van der Waals surface area (Å²) in [7, 11) is 5.79. The van der Waals surface area contributed by atoms with E-state index in [2.05, 4.69) is 45.3 Å². The molecule has 0 unspecified atom stereocenters. The molecular weight excluding hydrogens is 428 g/mol. The maximum Gasteiger partial charge on any atom is 0.254 e. The fourth-order valence-electron chi connectivity index (χ4n) is 5.60. The van der Waals surface area contributed by atoms with Gasteiger partial charge in [-0.2, -0.15) is 0 Å². The predicted octanol–water partition coefficient (Wildman–Crippen LogP) is 3.22. The molecule has 176 valence electrons. The van der Waals surface area contributed by atoms with Crippen LogP contribution in [0.2, 0.25) is 0 Å². The quantitative estimate of drug-likeness (QED) is 0.510. The molecule has 4 aromatic rings. The molecule has 2 aliphatic heterocycles.